The fourth-order valence-electron chi connectivity index (χ4n) is 1.26. The first kappa shape index (κ1) is 15.9. The Labute approximate surface area is 110 Å². The van der Waals surface area contributed by atoms with Crippen LogP contribution in [0.1, 0.15) is 34.7 Å². The summed E-state index contributed by atoms with van der Waals surface area (Å²) in [6.45, 7) is 12.3. The minimum absolute atomic E-state index is 1.23. The second-order valence-corrected chi connectivity index (χ2v) is 5.19. The molecule has 0 N–H and O–H groups in total. The van der Waals surface area contributed by atoms with Gasteiger partial charge in [-0.15, -0.1) is 11.3 Å². The first-order chi connectivity index (χ1) is 8.08. The van der Waals surface area contributed by atoms with Crippen LogP contribution in [-0.2, 0) is 0 Å². The van der Waals surface area contributed by atoms with Gasteiger partial charge in [-0.05, 0) is 51.0 Å². The van der Waals surface area contributed by atoms with E-state index in [1.807, 2.05) is 51.4 Å². The number of pyridine rings is 1. The van der Waals surface area contributed by atoms with Crippen LogP contribution >= 0.6 is 11.3 Å². The number of thiophene rings is 1. The van der Waals surface area contributed by atoms with E-state index in [1.165, 1.54) is 20.9 Å². The molecule has 1 nitrogen and oxygen atoms in total. The van der Waals surface area contributed by atoms with E-state index >= 15 is 0 Å². The Bertz CT molecular complexity index is 385. The Morgan fingerprint density at radius 2 is 1.24 bits per heavy atom. The van der Waals surface area contributed by atoms with Crippen LogP contribution < -0.4 is 0 Å². The molecule has 0 fully saturated rings. The largest absolute Gasteiger partial charge is 0.264 e. The molecule has 2 aromatic rings. The van der Waals surface area contributed by atoms with Crippen LogP contribution in [0.2, 0.25) is 0 Å². The highest BCUT2D eigenvalue weighted by molar-refractivity contribution is 7.11. The van der Waals surface area contributed by atoms with E-state index in [1.54, 1.807) is 0 Å². The molecular weight excluding hydrogens is 226 g/mol. The van der Waals surface area contributed by atoms with E-state index in [0.29, 0.717) is 0 Å². The van der Waals surface area contributed by atoms with Crippen molar-refractivity contribution >= 4 is 11.3 Å². The minimum atomic E-state index is 1.23. The fraction of sp³-hybridized carbons (Fsp3) is 0.400. The number of hydrogen-bond donors (Lipinski definition) is 0. The van der Waals surface area contributed by atoms with E-state index in [-0.39, 0.29) is 0 Å². The maximum atomic E-state index is 3.98. The molecule has 2 rings (SSSR count). The maximum Gasteiger partial charge on any atom is 0.0297 e. The number of aryl methyl sites for hydroxylation is 4. The van der Waals surface area contributed by atoms with E-state index in [4.69, 9.17) is 0 Å². The topological polar surface area (TPSA) is 12.9 Å². The zero-order valence-electron chi connectivity index (χ0n) is 11.7. The zero-order valence-corrected chi connectivity index (χ0v) is 12.6. The molecule has 2 aromatic heterocycles. The summed E-state index contributed by atoms with van der Waals surface area (Å²) in [7, 11) is 0. The normalized spacial score (nSPS) is 8.59. The lowest BCUT2D eigenvalue weighted by atomic mass is 10.2. The number of hydrogen-bond acceptors (Lipinski definition) is 2. The van der Waals surface area contributed by atoms with E-state index in [2.05, 4.69) is 37.0 Å². The molecule has 17 heavy (non-hydrogen) atoms. The van der Waals surface area contributed by atoms with Crippen LogP contribution in [0.5, 0.6) is 0 Å². The van der Waals surface area contributed by atoms with Crippen molar-refractivity contribution in [3.05, 3.63) is 51.5 Å². The molecule has 0 amide bonds. The van der Waals surface area contributed by atoms with Gasteiger partial charge in [-0.2, -0.15) is 0 Å². The van der Waals surface area contributed by atoms with Gasteiger partial charge in [0, 0.05) is 22.1 Å². The molecule has 0 saturated carbocycles. The lowest BCUT2D eigenvalue weighted by Gasteiger charge is -1.89. The Morgan fingerprint density at radius 1 is 0.824 bits per heavy atom. The highest BCUT2D eigenvalue weighted by Crippen LogP contribution is 2.12. The van der Waals surface area contributed by atoms with E-state index in [0.717, 1.165) is 0 Å². The molecule has 0 atom stereocenters. The summed E-state index contributed by atoms with van der Waals surface area (Å²) in [6.07, 6.45) is 3.71. The summed E-state index contributed by atoms with van der Waals surface area (Å²) in [5, 5.41) is 0. The molecule has 0 aliphatic rings. The second kappa shape index (κ2) is 8.94. The van der Waals surface area contributed by atoms with Gasteiger partial charge in [0.2, 0.25) is 0 Å². The van der Waals surface area contributed by atoms with Crippen LogP contribution in [0.4, 0.5) is 0 Å². The van der Waals surface area contributed by atoms with Gasteiger partial charge < -0.3 is 0 Å². The van der Waals surface area contributed by atoms with Crippen LogP contribution in [0.3, 0.4) is 0 Å². The molecule has 0 aromatic carbocycles. The van der Waals surface area contributed by atoms with Crippen molar-refractivity contribution in [2.45, 2.75) is 41.5 Å². The predicted molar refractivity (Wildman–Crippen MR) is 78.9 cm³/mol. The Balaban J connectivity index is 0.000000265. The molecular formula is C15H23NS. The molecule has 0 unspecified atom stereocenters. The van der Waals surface area contributed by atoms with Gasteiger partial charge in [0.15, 0.2) is 0 Å². The standard InChI is InChI=1S/C7H9N.C6H8S.C2H6/c1-6-3-7(2)5-8-4-6;1-5-3-4-6(2)7-5;1-2/h3-5H,1-2H3;3-4H,1-2H3;1-2H3. The van der Waals surface area contributed by atoms with Crippen LogP contribution in [-0.4, -0.2) is 4.98 Å². The van der Waals surface area contributed by atoms with Gasteiger partial charge >= 0.3 is 0 Å². The molecule has 0 saturated heterocycles. The number of nitrogens with zero attached hydrogens (tertiary/aromatic N) is 1. The quantitative estimate of drug-likeness (QED) is 0.633. The van der Waals surface area contributed by atoms with E-state index < -0.39 is 0 Å². The summed E-state index contributed by atoms with van der Waals surface area (Å²) >= 11 is 1.84. The summed E-state index contributed by atoms with van der Waals surface area (Å²) in [5.74, 6) is 0. The molecule has 0 radical (unpaired) electrons. The van der Waals surface area contributed by atoms with Gasteiger partial charge in [-0.1, -0.05) is 19.9 Å². The van der Waals surface area contributed by atoms with Gasteiger partial charge in [-0.3, -0.25) is 4.98 Å². The summed E-state index contributed by atoms with van der Waals surface area (Å²) in [5.41, 5.74) is 2.45. The average Bonchev–Trinajstić information content (AvgIpc) is 2.66. The third-order valence-corrected chi connectivity index (χ3v) is 2.80. The third kappa shape index (κ3) is 7.70. The van der Waals surface area contributed by atoms with Crippen molar-refractivity contribution in [3.8, 4) is 0 Å². The number of aromatic nitrogens is 1. The van der Waals surface area contributed by atoms with Gasteiger partial charge in [0.05, 0.1) is 0 Å². The second-order valence-electron chi connectivity index (χ2n) is 3.70. The number of rotatable bonds is 0. The summed E-state index contributed by atoms with van der Waals surface area (Å²) in [6, 6.07) is 6.38. The molecule has 2 heteroatoms. The summed E-state index contributed by atoms with van der Waals surface area (Å²) in [4.78, 5) is 6.78. The van der Waals surface area contributed by atoms with Crippen molar-refractivity contribution in [1.29, 1.82) is 0 Å². The van der Waals surface area contributed by atoms with Gasteiger partial charge in [0.1, 0.15) is 0 Å². The van der Waals surface area contributed by atoms with Crippen molar-refractivity contribution in [2.75, 3.05) is 0 Å². The predicted octanol–water partition coefficient (Wildman–Crippen LogP) is 5.09. The summed E-state index contributed by atoms with van der Waals surface area (Å²) < 4.78 is 0. The fourth-order valence-corrected chi connectivity index (χ4v) is 2.04. The highest BCUT2D eigenvalue weighted by Gasteiger charge is 1.84. The van der Waals surface area contributed by atoms with Crippen molar-refractivity contribution in [3.63, 3.8) is 0 Å². The maximum absolute atomic E-state index is 3.98. The van der Waals surface area contributed by atoms with Crippen LogP contribution in [0, 0.1) is 27.7 Å². The zero-order chi connectivity index (χ0) is 13.3. The molecule has 0 bridgehead atoms. The Morgan fingerprint density at radius 3 is 1.41 bits per heavy atom. The first-order valence-corrected chi connectivity index (χ1v) is 6.81. The van der Waals surface area contributed by atoms with Crippen molar-refractivity contribution < 1.29 is 0 Å². The van der Waals surface area contributed by atoms with Crippen LogP contribution in [0.25, 0.3) is 0 Å². The lowest BCUT2D eigenvalue weighted by molar-refractivity contribution is 1.22. The molecule has 94 valence electrons. The third-order valence-electron chi connectivity index (χ3n) is 1.89. The first-order valence-electron chi connectivity index (χ1n) is 5.99. The van der Waals surface area contributed by atoms with Crippen LogP contribution in [0.15, 0.2) is 30.6 Å². The monoisotopic (exact) mass is 249 g/mol. The molecule has 0 spiro atoms. The van der Waals surface area contributed by atoms with Crippen molar-refractivity contribution in [2.24, 2.45) is 0 Å². The van der Waals surface area contributed by atoms with E-state index in [9.17, 15) is 0 Å². The Kier molecular flexibility index (Phi) is 8.34. The average molecular weight is 249 g/mol. The van der Waals surface area contributed by atoms with Crippen molar-refractivity contribution in [1.82, 2.24) is 4.98 Å². The Hall–Kier alpha value is -1.15. The van der Waals surface area contributed by atoms with Gasteiger partial charge in [0.25, 0.3) is 0 Å². The smallest absolute Gasteiger partial charge is 0.0297 e. The van der Waals surface area contributed by atoms with Gasteiger partial charge in [-0.25, -0.2) is 0 Å². The molecule has 0 aliphatic heterocycles. The SMILES string of the molecule is CC.Cc1ccc(C)s1.Cc1cncc(C)c1. The highest BCUT2D eigenvalue weighted by atomic mass is 32.1. The molecule has 0 aliphatic carbocycles. The lowest BCUT2D eigenvalue weighted by Crippen LogP contribution is -1.76. The molecule has 2 heterocycles. The minimum Gasteiger partial charge on any atom is -0.264 e.